The molecule has 0 aromatic carbocycles. The summed E-state index contributed by atoms with van der Waals surface area (Å²) in [6.07, 6.45) is 3.06. The van der Waals surface area contributed by atoms with Crippen LogP contribution in [0.5, 0.6) is 0 Å². The molecule has 82 valence electrons. The zero-order valence-electron chi connectivity index (χ0n) is 9.11. The van der Waals surface area contributed by atoms with E-state index in [-0.39, 0.29) is 5.41 Å². The summed E-state index contributed by atoms with van der Waals surface area (Å²) in [7, 11) is 0. The van der Waals surface area contributed by atoms with E-state index in [4.69, 9.17) is 5.11 Å². The minimum atomic E-state index is -0.541. The lowest BCUT2D eigenvalue weighted by molar-refractivity contribution is -0.118. The van der Waals surface area contributed by atoms with Gasteiger partial charge in [0.15, 0.2) is 0 Å². The van der Waals surface area contributed by atoms with E-state index >= 15 is 0 Å². The Bertz CT molecular complexity index is 341. The first-order valence-corrected chi connectivity index (χ1v) is 4.66. The molecule has 0 aliphatic rings. The zero-order chi connectivity index (χ0) is 11.5. The van der Waals surface area contributed by atoms with Gasteiger partial charge in [0.25, 0.3) is 0 Å². The number of aromatic nitrogens is 2. The number of carbonyl (C=O) groups is 1. The van der Waals surface area contributed by atoms with Crippen LogP contribution >= 0.6 is 0 Å². The Hall–Kier alpha value is -1.49. The van der Waals surface area contributed by atoms with Crippen molar-refractivity contribution >= 4 is 11.6 Å². The van der Waals surface area contributed by atoms with Gasteiger partial charge < -0.3 is 10.4 Å². The fourth-order valence-corrected chi connectivity index (χ4v) is 0.980. The van der Waals surface area contributed by atoms with Crippen molar-refractivity contribution in [1.29, 1.82) is 0 Å². The van der Waals surface area contributed by atoms with E-state index in [0.717, 1.165) is 0 Å². The van der Waals surface area contributed by atoms with Gasteiger partial charge in [-0.2, -0.15) is 0 Å². The fraction of sp³-hybridized carbons (Fsp3) is 0.500. The van der Waals surface area contributed by atoms with Crippen molar-refractivity contribution in [3.63, 3.8) is 0 Å². The largest absolute Gasteiger partial charge is 0.387 e. The molecule has 2 N–H and O–H groups in total. The monoisotopic (exact) mass is 209 g/mol. The van der Waals surface area contributed by atoms with Gasteiger partial charge in [-0.3, -0.25) is 4.79 Å². The van der Waals surface area contributed by atoms with Crippen LogP contribution in [0.2, 0.25) is 0 Å². The van der Waals surface area contributed by atoms with Gasteiger partial charge in [0.1, 0.15) is 12.4 Å². The van der Waals surface area contributed by atoms with Crippen LogP contribution in [0, 0.1) is 0 Å². The Morgan fingerprint density at radius 1 is 1.40 bits per heavy atom. The van der Waals surface area contributed by atoms with Crippen molar-refractivity contribution in [2.45, 2.75) is 26.2 Å². The molecule has 15 heavy (non-hydrogen) atoms. The molecule has 0 atom stereocenters. The zero-order valence-corrected chi connectivity index (χ0v) is 9.11. The van der Waals surface area contributed by atoms with Gasteiger partial charge in [0, 0.05) is 5.41 Å². The molecule has 0 radical (unpaired) electrons. The Morgan fingerprint density at radius 2 is 1.93 bits per heavy atom. The average molecular weight is 209 g/mol. The molecule has 0 aliphatic heterocycles. The minimum absolute atomic E-state index is 0.112. The molecule has 0 fully saturated rings. The van der Waals surface area contributed by atoms with E-state index in [2.05, 4.69) is 15.3 Å². The third-order valence-corrected chi connectivity index (χ3v) is 1.75. The highest BCUT2D eigenvalue weighted by Crippen LogP contribution is 2.17. The van der Waals surface area contributed by atoms with Crippen molar-refractivity contribution in [2.24, 2.45) is 0 Å². The molecule has 0 saturated heterocycles. The van der Waals surface area contributed by atoms with Gasteiger partial charge >= 0.3 is 0 Å². The highest BCUT2D eigenvalue weighted by Gasteiger charge is 2.16. The van der Waals surface area contributed by atoms with E-state index in [1.807, 2.05) is 20.8 Å². The van der Waals surface area contributed by atoms with Crippen LogP contribution in [0.15, 0.2) is 12.4 Å². The fourth-order valence-electron chi connectivity index (χ4n) is 0.980. The van der Waals surface area contributed by atoms with Crippen LogP contribution < -0.4 is 5.32 Å². The first kappa shape index (κ1) is 11.6. The summed E-state index contributed by atoms with van der Waals surface area (Å²) in [4.78, 5) is 19.1. The average Bonchev–Trinajstić information content (AvgIpc) is 2.17. The number of hydrogen-bond acceptors (Lipinski definition) is 4. The lowest BCUT2D eigenvalue weighted by Gasteiger charge is -2.16. The third-order valence-electron chi connectivity index (χ3n) is 1.75. The Labute approximate surface area is 88.6 Å². The summed E-state index contributed by atoms with van der Waals surface area (Å²) in [5.74, 6) is 0.242. The topological polar surface area (TPSA) is 75.1 Å². The summed E-state index contributed by atoms with van der Waals surface area (Å²) < 4.78 is 0. The second kappa shape index (κ2) is 4.35. The Balaban J connectivity index is 2.77. The van der Waals surface area contributed by atoms with E-state index < -0.39 is 12.5 Å². The summed E-state index contributed by atoms with van der Waals surface area (Å²) in [6.45, 7) is 5.48. The van der Waals surface area contributed by atoms with Gasteiger partial charge in [-0.25, -0.2) is 9.97 Å². The van der Waals surface area contributed by atoms with Gasteiger partial charge in [0.2, 0.25) is 5.91 Å². The first-order valence-electron chi connectivity index (χ1n) is 4.66. The normalized spacial score (nSPS) is 11.2. The lowest BCUT2D eigenvalue weighted by Crippen LogP contribution is -2.18. The smallest absolute Gasteiger partial charge is 0.250 e. The summed E-state index contributed by atoms with van der Waals surface area (Å²) in [5, 5.41) is 11.0. The van der Waals surface area contributed by atoms with Gasteiger partial charge in [-0.15, -0.1) is 0 Å². The van der Waals surface area contributed by atoms with Crippen LogP contribution in [0.25, 0.3) is 0 Å². The number of anilines is 1. The van der Waals surface area contributed by atoms with Crippen LogP contribution in [-0.2, 0) is 10.2 Å². The highest BCUT2D eigenvalue weighted by atomic mass is 16.3. The molecule has 0 spiro atoms. The molecule has 0 aliphatic carbocycles. The van der Waals surface area contributed by atoms with Crippen molar-refractivity contribution in [3.8, 4) is 0 Å². The maximum Gasteiger partial charge on any atom is 0.250 e. The molecular formula is C10H15N3O2. The third kappa shape index (κ3) is 3.28. The molecular weight excluding hydrogens is 194 g/mol. The Kier molecular flexibility index (Phi) is 3.36. The molecule has 5 heteroatoms. The first-order chi connectivity index (χ1) is 6.93. The minimum Gasteiger partial charge on any atom is -0.387 e. The Morgan fingerprint density at radius 3 is 2.33 bits per heavy atom. The van der Waals surface area contributed by atoms with Crippen LogP contribution in [0.4, 0.5) is 5.69 Å². The van der Waals surface area contributed by atoms with Crippen LogP contribution in [-0.4, -0.2) is 27.6 Å². The number of carbonyl (C=O) groups excluding carboxylic acids is 1. The number of aliphatic hydroxyl groups is 1. The number of hydrogen-bond donors (Lipinski definition) is 2. The van der Waals surface area contributed by atoms with Gasteiger partial charge in [-0.1, -0.05) is 20.8 Å². The number of nitrogens with one attached hydrogen (secondary N) is 1. The van der Waals surface area contributed by atoms with Crippen molar-refractivity contribution < 1.29 is 9.90 Å². The lowest BCUT2D eigenvalue weighted by atomic mass is 9.96. The second-order valence-electron chi connectivity index (χ2n) is 4.25. The van der Waals surface area contributed by atoms with Gasteiger partial charge in [0.05, 0.1) is 18.1 Å². The maximum atomic E-state index is 10.8. The summed E-state index contributed by atoms with van der Waals surface area (Å²) in [5.41, 5.74) is 0.376. The molecule has 1 heterocycles. The molecule has 1 aromatic heterocycles. The highest BCUT2D eigenvalue weighted by molar-refractivity contribution is 5.91. The van der Waals surface area contributed by atoms with Crippen molar-refractivity contribution in [1.82, 2.24) is 9.97 Å². The number of rotatable bonds is 2. The predicted octanol–water partition coefficient (Wildman–Crippen LogP) is 0.705. The molecule has 0 saturated carbocycles. The summed E-state index contributed by atoms with van der Waals surface area (Å²) in [6, 6.07) is 0. The van der Waals surface area contributed by atoms with E-state index in [1.54, 1.807) is 0 Å². The SMILES string of the molecule is CC(C)(C)c1ncc(NC(=O)CO)cn1. The van der Waals surface area contributed by atoms with E-state index in [0.29, 0.717) is 11.5 Å². The number of amides is 1. The molecule has 0 unspecified atom stereocenters. The van der Waals surface area contributed by atoms with Crippen molar-refractivity contribution in [2.75, 3.05) is 11.9 Å². The van der Waals surface area contributed by atoms with Crippen molar-refractivity contribution in [3.05, 3.63) is 18.2 Å². The maximum absolute atomic E-state index is 10.8. The molecule has 5 nitrogen and oxygen atoms in total. The van der Waals surface area contributed by atoms with Crippen LogP contribution in [0.3, 0.4) is 0 Å². The number of aliphatic hydroxyl groups excluding tert-OH is 1. The van der Waals surface area contributed by atoms with Crippen LogP contribution in [0.1, 0.15) is 26.6 Å². The number of nitrogens with zero attached hydrogens (tertiary/aromatic N) is 2. The molecule has 0 bridgehead atoms. The van der Waals surface area contributed by atoms with E-state index in [1.165, 1.54) is 12.4 Å². The standard InChI is InChI=1S/C10H15N3O2/c1-10(2,3)9-11-4-7(5-12-9)13-8(15)6-14/h4-5,14H,6H2,1-3H3,(H,13,15). The molecule has 1 aromatic rings. The quantitative estimate of drug-likeness (QED) is 0.752. The summed E-state index contributed by atoms with van der Waals surface area (Å²) >= 11 is 0. The predicted molar refractivity (Wildman–Crippen MR) is 56.4 cm³/mol. The van der Waals surface area contributed by atoms with E-state index in [9.17, 15) is 4.79 Å². The molecule has 1 rings (SSSR count). The molecule has 1 amide bonds. The van der Waals surface area contributed by atoms with Gasteiger partial charge in [-0.05, 0) is 0 Å². The second-order valence-corrected chi connectivity index (χ2v) is 4.25.